The van der Waals surface area contributed by atoms with Crippen LogP contribution < -0.4 is 4.90 Å². The number of halogens is 1. The minimum Gasteiger partial charge on any atom is -0.377 e. The first kappa shape index (κ1) is 16.7. The molecule has 3 rings (SSSR count). The number of aryl methyl sites for hydroxylation is 1. The maximum Gasteiger partial charge on any atom is 0.178 e. The van der Waals surface area contributed by atoms with E-state index in [1.54, 1.807) is 18.7 Å². The van der Waals surface area contributed by atoms with Crippen molar-refractivity contribution in [2.75, 3.05) is 30.9 Å². The summed E-state index contributed by atoms with van der Waals surface area (Å²) in [5.41, 5.74) is 1.75. The van der Waals surface area contributed by atoms with Crippen LogP contribution in [-0.2, 0) is 21.6 Å². The van der Waals surface area contributed by atoms with Gasteiger partial charge in [0.2, 0.25) is 0 Å². The van der Waals surface area contributed by atoms with Gasteiger partial charge in [0.05, 0.1) is 19.3 Å². The molecule has 2 aromatic heterocycles. The summed E-state index contributed by atoms with van der Waals surface area (Å²) in [6.45, 7) is 5.74. The van der Waals surface area contributed by atoms with Gasteiger partial charge < -0.3 is 9.64 Å². The van der Waals surface area contributed by atoms with Crippen molar-refractivity contribution in [2.45, 2.75) is 24.8 Å². The summed E-state index contributed by atoms with van der Waals surface area (Å²) in [4.78, 5) is 7.11. The smallest absolute Gasteiger partial charge is 0.178 e. The number of nitrogens with zero attached hydrogens (tertiary/aromatic N) is 4. The van der Waals surface area contributed by atoms with Crippen molar-refractivity contribution >= 4 is 42.6 Å². The van der Waals surface area contributed by atoms with E-state index in [1.165, 1.54) is 6.26 Å². The zero-order valence-corrected chi connectivity index (χ0v) is 15.9. The Hall–Kier alpha value is -1.19. The number of morpholine rings is 1. The van der Waals surface area contributed by atoms with Crippen molar-refractivity contribution in [3.8, 4) is 0 Å². The fourth-order valence-electron chi connectivity index (χ4n) is 3.08. The van der Waals surface area contributed by atoms with E-state index in [1.807, 2.05) is 6.92 Å². The fraction of sp³-hybridized carbons (Fsp3) is 0.571. The van der Waals surface area contributed by atoms with Crippen molar-refractivity contribution < 1.29 is 13.2 Å². The van der Waals surface area contributed by atoms with Crippen LogP contribution >= 0.6 is 15.9 Å². The third-order valence-electron chi connectivity index (χ3n) is 4.10. The summed E-state index contributed by atoms with van der Waals surface area (Å²) in [5.74, 6) is 0.683. The van der Waals surface area contributed by atoms with E-state index in [0.29, 0.717) is 46.8 Å². The number of ether oxygens (including phenoxy) is 1. The minimum atomic E-state index is -3.43. The van der Waals surface area contributed by atoms with E-state index < -0.39 is 9.84 Å². The molecule has 2 aromatic rings. The molecule has 1 saturated heterocycles. The molecule has 0 aliphatic carbocycles. The van der Waals surface area contributed by atoms with E-state index in [9.17, 15) is 8.42 Å². The van der Waals surface area contributed by atoms with Gasteiger partial charge >= 0.3 is 0 Å². The third-order valence-corrected chi connectivity index (χ3v) is 5.88. The van der Waals surface area contributed by atoms with Crippen molar-refractivity contribution in [3.05, 3.63) is 10.2 Å². The molecule has 0 N–H and O–H groups in total. The summed E-state index contributed by atoms with van der Waals surface area (Å²) >= 11 is 3.38. The zero-order valence-electron chi connectivity index (χ0n) is 13.5. The van der Waals surface area contributed by atoms with Crippen molar-refractivity contribution in [1.29, 1.82) is 0 Å². The molecule has 9 heteroatoms. The SMILES string of the molecule is Cc1c(N2CCOC[C@H]2C)nc2c(Br)nn(C)c2c1S(C)(=O)=O. The highest BCUT2D eigenvalue weighted by Gasteiger charge is 2.29. The zero-order chi connectivity index (χ0) is 16.9. The van der Waals surface area contributed by atoms with Gasteiger partial charge in [-0.1, -0.05) is 0 Å². The standard InChI is InChI=1S/C14H19BrN4O3S/c1-8-7-22-6-5-19(8)14-9(2)12(23(4,20)21)11-10(16-14)13(15)17-18(11)3/h8H,5-7H2,1-4H3/t8-/m1/s1. The van der Waals surface area contributed by atoms with Crippen LogP contribution in [0.25, 0.3) is 11.0 Å². The first-order chi connectivity index (χ1) is 10.7. The van der Waals surface area contributed by atoms with Gasteiger partial charge in [0, 0.05) is 25.4 Å². The Morgan fingerprint density at radius 2 is 2.09 bits per heavy atom. The predicted octanol–water partition coefficient (Wildman–Crippen LogP) is 1.67. The van der Waals surface area contributed by atoms with Crippen molar-refractivity contribution in [2.24, 2.45) is 7.05 Å². The van der Waals surface area contributed by atoms with Crippen LogP contribution in [0.4, 0.5) is 5.82 Å². The number of fused-ring (bicyclic) bond motifs is 1. The van der Waals surface area contributed by atoms with E-state index in [4.69, 9.17) is 9.72 Å². The number of aromatic nitrogens is 3. The Bertz CT molecular complexity index is 878. The lowest BCUT2D eigenvalue weighted by Gasteiger charge is -2.35. The average Bonchev–Trinajstić information content (AvgIpc) is 2.72. The van der Waals surface area contributed by atoms with Gasteiger partial charge in [-0.05, 0) is 29.8 Å². The number of pyridine rings is 1. The molecule has 126 valence electrons. The molecule has 23 heavy (non-hydrogen) atoms. The first-order valence-corrected chi connectivity index (χ1v) is 9.97. The second kappa shape index (κ2) is 5.71. The summed E-state index contributed by atoms with van der Waals surface area (Å²) in [6, 6.07) is 0.134. The van der Waals surface area contributed by atoms with Gasteiger partial charge in [0.15, 0.2) is 14.4 Å². The topological polar surface area (TPSA) is 77.3 Å². The van der Waals surface area contributed by atoms with Gasteiger partial charge in [-0.15, -0.1) is 0 Å². The van der Waals surface area contributed by atoms with Crippen molar-refractivity contribution in [3.63, 3.8) is 0 Å². The molecule has 0 saturated carbocycles. The molecular weight excluding hydrogens is 384 g/mol. The Morgan fingerprint density at radius 1 is 1.39 bits per heavy atom. The molecule has 0 amide bonds. The minimum absolute atomic E-state index is 0.134. The second-order valence-corrected chi connectivity index (χ2v) is 8.59. The molecule has 1 atom stereocenters. The Labute approximate surface area is 143 Å². The highest BCUT2D eigenvalue weighted by molar-refractivity contribution is 9.10. The number of anilines is 1. The van der Waals surface area contributed by atoms with Crippen LogP contribution in [0.2, 0.25) is 0 Å². The van der Waals surface area contributed by atoms with E-state index in [2.05, 4.69) is 25.9 Å². The largest absolute Gasteiger partial charge is 0.377 e. The second-order valence-electron chi connectivity index (χ2n) is 5.89. The Balaban J connectivity index is 2.36. The normalized spacial score (nSPS) is 19.5. The molecule has 0 radical (unpaired) electrons. The number of sulfone groups is 1. The van der Waals surface area contributed by atoms with Crippen LogP contribution in [0.3, 0.4) is 0 Å². The van der Waals surface area contributed by atoms with Gasteiger partial charge in [0.25, 0.3) is 0 Å². The highest BCUT2D eigenvalue weighted by atomic mass is 79.9. The maximum absolute atomic E-state index is 12.4. The summed E-state index contributed by atoms with van der Waals surface area (Å²) in [5, 5.41) is 4.27. The molecule has 3 heterocycles. The highest BCUT2D eigenvalue weighted by Crippen LogP contribution is 2.35. The quantitative estimate of drug-likeness (QED) is 0.759. The van der Waals surface area contributed by atoms with Gasteiger partial charge in [-0.25, -0.2) is 13.4 Å². The van der Waals surface area contributed by atoms with Gasteiger partial charge in [-0.3, -0.25) is 4.68 Å². The Kier molecular flexibility index (Phi) is 4.14. The lowest BCUT2D eigenvalue weighted by atomic mass is 10.2. The van der Waals surface area contributed by atoms with E-state index in [-0.39, 0.29) is 10.9 Å². The summed E-state index contributed by atoms with van der Waals surface area (Å²) < 4.78 is 32.4. The number of rotatable bonds is 2. The van der Waals surface area contributed by atoms with Crippen LogP contribution in [0, 0.1) is 6.92 Å². The molecular formula is C14H19BrN4O3S. The molecule has 1 aliphatic rings. The van der Waals surface area contributed by atoms with E-state index >= 15 is 0 Å². The van der Waals surface area contributed by atoms with Gasteiger partial charge in [0.1, 0.15) is 21.7 Å². The lowest BCUT2D eigenvalue weighted by Crippen LogP contribution is -2.44. The predicted molar refractivity (Wildman–Crippen MR) is 91.7 cm³/mol. The van der Waals surface area contributed by atoms with Crippen LogP contribution in [-0.4, -0.2) is 55.2 Å². The molecule has 1 aliphatic heterocycles. The van der Waals surface area contributed by atoms with Crippen LogP contribution in [0.1, 0.15) is 12.5 Å². The molecule has 7 nitrogen and oxygen atoms in total. The van der Waals surface area contributed by atoms with E-state index in [0.717, 1.165) is 0 Å². The van der Waals surface area contributed by atoms with Crippen LogP contribution in [0.5, 0.6) is 0 Å². The van der Waals surface area contributed by atoms with Crippen molar-refractivity contribution in [1.82, 2.24) is 14.8 Å². The summed E-state index contributed by atoms with van der Waals surface area (Å²) in [6.07, 6.45) is 1.22. The lowest BCUT2D eigenvalue weighted by molar-refractivity contribution is 0.0985. The fourth-order valence-corrected chi connectivity index (χ4v) is 4.82. The number of hydrogen-bond acceptors (Lipinski definition) is 6. The monoisotopic (exact) mass is 402 g/mol. The number of hydrogen-bond donors (Lipinski definition) is 0. The third kappa shape index (κ3) is 2.74. The molecule has 1 fully saturated rings. The van der Waals surface area contributed by atoms with Crippen LogP contribution in [0.15, 0.2) is 9.50 Å². The maximum atomic E-state index is 12.4. The first-order valence-electron chi connectivity index (χ1n) is 7.29. The average molecular weight is 403 g/mol. The van der Waals surface area contributed by atoms with Gasteiger partial charge in [-0.2, -0.15) is 5.10 Å². The molecule has 0 spiro atoms. The molecule has 0 aromatic carbocycles. The Morgan fingerprint density at radius 3 is 2.70 bits per heavy atom. The molecule has 0 bridgehead atoms. The molecule has 0 unspecified atom stereocenters. The summed E-state index contributed by atoms with van der Waals surface area (Å²) in [7, 11) is -1.71.